The fraction of sp³-hybridized carbons (Fsp3) is 0.111. The van der Waals surface area contributed by atoms with Crippen molar-refractivity contribution >= 4 is 11.6 Å². The summed E-state index contributed by atoms with van der Waals surface area (Å²) in [6, 6.07) is 6.97. The molecule has 0 saturated heterocycles. The summed E-state index contributed by atoms with van der Waals surface area (Å²) in [6.07, 6.45) is 0. The van der Waals surface area contributed by atoms with Gasteiger partial charge in [-0.15, -0.1) is 5.10 Å². The molecule has 0 unspecified atom stereocenters. The normalized spacial score (nSPS) is 10.4. The summed E-state index contributed by atoms with van der Waals surface area (Å²) in [5.74, 6) is -0.208. The number of aromatic nitrogens is 2. The van der Waals surface area contributed by atoms with Gasteiger partial charge in [-0.25, -0.2) is 4.79 Å². The first-order valence-electron chi connectivity index (χ1n) is 3.97. The molecule has 0 aliphatic carbocycles. The summed E-state index contributed by atoms with van der Waals surface area (Å²) < 4.78 is 6.03. The molecule has 14 heavy (non-hydrogen) atoms. The highest BCUT2D eigenvalue weighted by Crippen LogP contribution is 2.19. The predicted molar refractivity (Wildman–Crippen MR) is 52.2 cm³/mol. The van der Waals surface area contributed by atoms with E-state index in [4.69, 9.17) is 16.0 Å². The van der Waals surface area contributed by atoms with Gasteiger partial charge in [0.1, 0.15) is 0 Å². The lowest BCUT2D eigenvalue weighted by Gasteiger charge is -1.93. The lowest BCUT2D eigenvalue weighted by Crippen LogP contribution is -2.09. The molecule has 1 heterocycles. The molecule has 0 aliphatic heterocycles. The Hall–Kier alpha value is -1.55. The molecule has 0 radical (unpaired) electrons. The van der Waals surface area contributed by atoms with Crippen LogP contribution >= 0.6 is 11.6 Å². The molecular weight excluding hydrogens is 204 g/mol. The molecular formula is C9H7ClN2O2. The van der Waals surface area contributed by atoms with Gasteiger partial charge >= 0.3 is 5.76 Å². The first kappa shape index (κ1) is 9.02. The average molecular weight is 211 g/mol. The maximum atomic E-state index is 11.0. The third-order valence-electron chi connectivity index (χ3n) is 1.76. The second-order valence-electron chi connectivity index (χ2n) is 2.81. The van der Waals surface area contributed by atoms with E-state index in [1.54, 1.807) is 24.3 Å². The number of aryl methyl sites for hydroxylation is 1. The minimum absolute atomic E-state index is 0.278. The molecule has 0 atom stereocenters. The van der Waals surface area contributed by atoms with Crippen molar-refractivity contribution in [3.63, 3.8) is 0 Å². The van der Waals surface area contributed by atoms with E-state index in [2.05, 4.69) is 5.10 Å². The van der Waals surface area contributed by atoms with E-state index in [1.165, 1.54) is 7.05 Å². The standard InChI is InChI=1S/C9H7ClN2O2/c1-12-9(13)14-8(11-12)6-3-2-4-7(10)5-6/h2-5H,1H3. The number of hydrogen-bond acceptors (Lipinski definition) is 3. The Morgan fingerprint density at radius 2 is 2.29 bits per heavy atom. The predicted octanol–water partition coefficient (Wildman–Crippen LogP) is 1.69. The Balaban J connectivity index is 2.54. The topological polar surface area (TPSA) is 48.0 Å². The summed E-state index contributed by atoms with van der Waals surface area (Å²) in [5.41, 5.74) is 0.690. The Bertz CT molecular complexity index is 516. The molecule has 0 amide bonds. The molecule has 0 saturated carbocycles. The molecule has 0 N–H and O–H groups in total. The molecule has 4 nitrogen and oxygen atoms in total. The number of halogens is 1. The summed E-state index contributed by atoms with van der Waals surface area (Å²) in [7, 11) is 1.53. The van der Waals surface area contributed by atoms with Crippen LogP contribution in [0.4, 0.5) is 0 Å². The summed E-state index contributed by atoms with van der Waals surface area (Å²) >= 11 is 5.79. The van der Waals surface area contributed by atoms with Crippen molar-refractivity contribution in [1.29, 1.82) is 0 Å². The van der Waals surface area contributed by atoms with Gasteiger partial charge in [-0.2, -0.15) is 4.68 Å². The van der Waals surface area contributed by atoms with Crippen LogP contribution in [0.1, 0.15) is 0 Å². The molecule has 72 valence electrons. The summed E-state index contributed by atoms with van der Waals surface area (Å²) in [5, 5.41) is 4.48. The Kier molecular flexibility index (Phi) is 2.13. The van der Waals surface area contributed by atoms with E-state index < -0.39 is 5.76 Å². The van der Waals surface area contributed by atoms with E-state index in [1.807, 2.05) is 0 Å². The third-order valence-corrected chi connectivity index (χ3v) is 2.00. The number of benzene rings is 1. The van der Waals surface area contributed by atoms with Crippen LogP contribution in [0.2, 0.25) is 5.02 Å². The quantitative estimate of drug-likeness (QED) is 0.720. The zero-order valence-electron chi connectivity index (χ0n) is 7.40. The molecule has 0 fully saturated rings. The SMILES string of the molecule is Cn1nc(-c2cccc(Cl)c2)oc1=O. The molecule has 2 rings (SSSR count). The largest absolute Gasteiger partial charge is 0.437 e. The van der Waals surface area contributed by atoms with Gasteiger partial charge in [0.05, 0.1) is 0 Å². The van der Waals surface area contributed by atoms with Gasteiger partial charge < -0.3 is 4.42 Å². The van der Waals surface area contributed by atoms with Crippen molar-refractivity contribution in [2.75, 3.05) is 0 Å². The first-order chi connectivity index (χ1) is 6.66. The lowest BCUT2D eigenvalue weighted by molar-refractivity contribution is 0.505. The summed E-state index contributed by atoms with van der Waals surface area (Å²) in [6.45, 7) is 0. The fourth-order valence-corrected chi connectivity index (χ4v) is 1.27. The number of rotatable bonds is 1. The van der Waals surface area contributed by atoms with Crippen LogP contribution in [-0.4, -0.2) is 9.78 Å². The van der Waals surface area contributed by atoms with Crippen LogP contribution in [0.25, 0.3) is 11.5 Å². The second kappa shape index (κ2) is 3.31. The van der Waals surface area contributed by atoms with Crippen LogP contribution in [0.3, 0.4) is 0 Å². The highest BCUT2D eigenvalue weighted by Gasteiger charge is 2.07. The van der Waals surface area contributed by atoms with Crippen LogP contribution in [0.5, 0.6) is 0 Å². The Morgan fingerprint density at radius 1 is 1.50 bits per heavy atom. The van der Waals surface area contributed by atoms with E-state index in [0.717, 1.165) is 4.68 Å². The van der Waals surface area contributed by atoms with Crippen LogP contribution < -0.4 is 5.76 Å². The summed E-state index contributed by atoms with van der Waals surface area (Å²) in [4.78, 5) is 11.0. The maximum Gasteiger partial charge on any atom is 0.437 e. The fourth-order valence-electron chi connectivity index (χ4n) is 1.08. The second-order valence-corrected chi connectivity index (χ2v) is 3.24. The number of nitrogens with zero attached hydrogens (tertiary/aromatic N) is 2. The molecule has 1 aromatic carbocycles. The maximum absolute atomic E-state index is 11.0. The van der Waals surface area contributed by atoms with Gasteiger partial charge in [-0.3, -0.25) is 0 Å². The highest BCUT2D eigenvalue weighted by atomic mass is 35.5. The number of hydrogen-bond donors (Lipinski definition) is 0. The Morgan fingerprint density at radius 3 is 2.86 bits per heavy atom. The van der Waals surface area contributed by atoms with Gasteiger partial charge in [0, 0.05) is 17.6 Å². The van der Waals surface area contributed by atoms with Crippen molar-refractivity contribution in [3.05, 3.63) is 39.8 Å². The monoisotopic (exact) mass is 210 g/mol. The zero-order valence-corrected chi connectivity index (χ0v) is 8.15. The lowest BCUT2D eigenvalue weighted by atomic mass is 10.2. The minimum Gasteiger partial charge on any atom is -0.388 e. The van der Waals surface area contributed by atoms with Crippen molar-refractivity contribution in [3.8, 4) is 11.5 Å². The zero-order chi connectivity index (χ0) is 10.1. The van der Waals surface area contributed by atoms with E-state index in [9.17, 15) is 4.79 Å². The van der Waals surface area contributed by atoms with Crippen LogP contribution in [0.15, 0.2) is 33.5 Å². The molecule has 0 bridgehead atoms. The minimum atomic E-state index is -0.486. The molecule has 5 heteroatoms. The third kappa shape index (κ3) is 1.56. The molecule has 0 aliphatic rings. The van der Waals surface area contributed by atoms with Crippen molar-refractivity contribution < 1.29 is 4.42 Å². The van der Waals surface area contributed by atoms with Crippen LogP contribution in [-0.2, 0) is 7.05 Å². The Labute approximate surface area is 84.7 Å². The van der Waals surface area contributed by atoms with Crippen LogP contribution in [0, 0.1) is 0 Å². The van der Waals surface area contributed by atoms with Crippen molar-refractivity contribution in [2.24, 2.45) is 7.05 Å². The molecule has 1 aromatic heterocycles. The van der Waals surface area contributed by atoms with Gasteiger partial charge in [0.2, 0.25) is 5.89 Å². The van der Waals surface area contributed by atoms with E-state index >= 15 is 0 Å². The first-order valence-corrected chi connectivity index (χ1v) is 4.35. The van der Waals surface area contributed by atoms with Gasteiger partial charge in [-0.1, -0.05) is 17.7 Å². The molecule has 0 spiro atoms. The average Bonchev–Trinajstić information content (AvgIpc) is 2.47. The van der Waals surface area contributed by atoms with E-state index in [-0.39, 0.29) is 5.89 Å². The van der Waals surface area contributed by atoms with Crippen molar-refractivity contribution in [2.45, 2.75) is 0 Å². The molecule has 2 aromatic rings. The van der Waals surface area contributed by atoms with Gasteiger partial charge in [-0.05, 0) is 18.2 Å². The smallest absolute Gasteiger partial charge is 0.388 e. The van der Waals surface area contributed by atoms with Crippen molar-refractivity contribution in [1.82, 2.24) is 9.78 Å². The van der Waals surface area contributed by atoms with Gasteiger partial charge in [0.15, 0.2) is 0 Å². The van der Waals surface area contributed by atoms with E-state index in [0.29, 0.717) is 10.6 Å². The highest BCUT2D eigenvalue weighted by molar-refractivity contribution is 6.30. The van der Waals surface area contributed by atoms with Gasteiger partial charge in [0.25, 0.3) is 0 Å².